The van der Waals surface area contributed by atoms with Crippen LogP contribution in [0.4, 0.5) is 13.2 Å². The van der Waals surface area contributed by atoms with Crippen LogP contribution >= 0.6 is 24.0 Å². The zero-order valence-corrected chi connectivity index (χ0v) is 17.0. The minimum Gasteiger partial charge on any atom is -0.357 e. The molecule has 11 heteroatoms. The fourth-order valence-electron chi connectivity index (χ4n) is 2.53. The Morgan fingerprint density at radius 2 is 1.96 bits per heavy atom. The highest BCUT2D eigenvalue weighted by Crippen LogP contribution is 2.37. The summed E-state index contributed by atoms with van der Waals surface area (Å²) in [4.78, 5) is 4.18. The lowest BCUT2D eigenvalue weighted by molar-refractivity contribution is -0.183. The van der Waals surface area contributed by atoms with Gasteiger partial charge in [-0.2, -0.15) is 13.2 Å². The molecule has 0 heterocycles. The smallest absolute Gasteiger partial charge is 0.357 e. The molecule has 0 bridgehead atoms. The number of nitrogens with zero attached hydrogens (tertiary/aromatic N) is 1. The van der Waals surface area contributed by atoms with Crippen molar-refractivity contribution in [2.45, 2.75) is 44.8 Å². The highest BCUT2D eigenvalue weighted by Gasteiger charge is 2.42. The van der Waals surface area contributed by atoms with Crippen LogP contribution in [0.1, 0.15) is 32.6 Å². The molecule has 1 aliphatic rings. The van der Waals surface area contributed by atoms with Crippen molar-refractivity contribution in [3.8, 4) is 0 Å². The summed E-state index contributed by atoms with van der Waals surface area (Å²) in [5, 5.41) is 5.98. The summed E-state index contributed by atoms with van der Waals surface area (Å²) in [6.07, 6.45) is -1.70. The molecule has 0 aliphatic heterocycles. The van der Waals surface area contributed by atoms with Gasteiger partial charge < -0.3 is 10.6 Å². The average molecular weight is 486 g/mol. The van der Waals surface area contributed by atoms with Crippen molar-refractivity contribution < 1.29 is 21.6 Å². The molecule has 0 aromatic heterocycles. The van der Waals surface area contributed by atoms with Crippen LogP contribution in [-0.4, -0.2) is 52.5 Å². The third kappa shape index (κ3) is 9.87. The molecule has 24 heavy (non-hydrogen) atoms. The van der Waals surface area contributed by atoms with E-state index in [-0.39, 0.29) is 55.9 Å². The summed E-state index contributed by atoms with van der Waals surface area (Å²) in [6.45, 7) is 2.77. The molecule has 0 spiro atoms. The number of halogens is 4. The Morgan fingerprint density at radius 3 is 2.50 bits per heavy atom. The van der Waals surface area contributed by atoms with Crippen LogP contribution in [0.25, 0.3) is 0 Å². The topological polar surface area (TPSA) is 82.6 Å². The molecule has 2 unspecified atom stereocenters. The highest BCUT2D eigenvalue weighted by molar-refractivity contribution is 14.0. The third-order valence-corrected chi connectivity index (χ3v) is 4.30. The van der Waals surface area contributed by atoms with Crippen LogP contribution in [0.3, 0.4) is 0 Å². The molecule has 6 nitrogen and oxygen atoms in total. The van der Waals surface area contributed by atoms with Gasteiger partial charge in [-0.3, -0.25) is 4.99 Å². The number of nitrogens with one attached hydrogen (secondary N) is 3. The number of hydrogen-bond acceptors (Lipinski definition) is 3. The van der Waals surface area contributed by atoms with Crippen molar-refractivity contribution in [3.05, 3.63) is 0 Å². The lowest BCUT2D eigenvalue weighted by Gasteiger charge is -2.31. The predicted octanol–water partition coefficient (Wildman–Crippen LogP) is 1.83. The third-order valence-electron chi connectivity index (χ3n) is 3.57. The molecule has 0 radical (unpaired) electrons. The first-order chi connectivity index (χ1) is 10.6. The summed E-state index contributed by atoms with van der Waals surface area (Å²) in [5.74, 6) is -0.862. The molecule has 0 aromatic carbocycles. The normalized spacial score (nSPS) is 22.6. The van der Waals surface area contributed by atoms with Crippen LogP contribution in [0, 0.1) is 5.92 Å². The van der Waals surface area contributed by atoms with Crippen LogP contribution in [0.15, 0.2) is 4.99 Å². The standard InChI is InChI=1S/C13H25F3N4O2S.HI/c1-3-17-12(18-7-8-19-23(2,21)22)20-11-6-4-5-10(9-11)13(14,15)16;/h10-11,19H,3-9H2,1-2H3,(H2,17,18,20);1H. The Hall–Kier alpha value is -0.300. The Kier molecular flexibility index (Phi) is 10.5. The van der Waals surface area contributed by atoms with Gasteiger partial charge >= 0.3 is 6.18 Å². The van der Waals surface area contributed by atoms with E-state index in [0.717, 1.165) is 6.26 Å². The summed E-state index contributed by atoms with van der Waals surface area (Å²) in [5.41, 5.74) is 0. The summed E-state index contributed by atoms with van der Waals surface area (Å²) < 4.78 is 62.7. The molecule has 0 saturated heterocycles. The maximum atomic E-state index is 12.8. The number of aliphatic imine (C=N–C) groups is 1. The number of sulfonamides is 1. The van der Waals surface area contributed by atoms with Crippen molar-refractivity contribution in [2.24, 2.45) is 10.9 Å². The second-order valence-corrected chi connectivity index (χ2v) is 7.51. The molecule has 1 fully saturated rings. The van der Waals surface area contributed by atoms with E-state index in [1.54, 1.807) is 0 Å². The quantitative estimate of drug-likeness (QED) is 0.232. The van der Waals surface area contributed by atoms with Gasteiger partial charge in [-0.05, 0) is 26.2 Å². The zero-order chi connectivity index (χ0) is 17.5. The largest absolute Gasteiger partial charge is 0.391 e. The van der Waals surface area contributed by atoms with Crippen molar-refractivity contribution >= 4 is 40.0 Å². The fraction of sp³-hybridized carbons (Fsp3) is 0.923. The lowest BCUT2D eigenvalue weighted by Crippen LogP contribution is -2.47. The van der Waals surface area contributed by atoms with Crippen molar-refractivity contribution in [1.82, 2.24) is 15.4 Å². The van der Waals surface area contributed by atoms with Crippen LogP contribution < -0.4 is 15.4 Å². The number of alkyl halides is 3. The second-order valence-electron chi connectivity index (χ2n) is 5.67. The van der Waals surface area contributed by atoms with Gasteiger partial charge in [-0.1, -0.05) is 6.42 Å². The molecule has 0 amide bonds. The van der Waals surface area contributed by atoms with Crippen LogP contribution in [-0.2, 0) is 10.0 Å². The monoisotopic (exact) mass is 486 g/mol. The van der Waals surface area contributed by atoms with Gasteiger partial charge in [0.1, 0.15) is 0 Å². The van der Waals surface area contributed by atoms with Gasteiger partial charge in [0, 0.05) is 19.1 Å². The first kappa shape index (κ1) is 23.7. The van der Waals surface area contributed by atoms with Gasteiger partial charge in [-0.25, -0.2) is 13.1 Å². The number of hydrogen-bond donors (Lipinski definition) is 3. The molecular formula is C13H26F3IN4O2S. The molecule has 1 rings (SSSR count). The van der Waals surface area contributed by atoms with E-state index < -0.39 is 22.1 Å². The SMILES string of the molecule is CCNC(=NCCNS(C)(=O)=O)NC1CCCC(C(F)(F)F)C1.I. The van der Waals surface area contributed by atoms with Gasteiger partial charge in [0.15, 0.2) is 5.96 Å². The van der Waals surface area contributed by atoms with E-state index in [1.165, 1.54) is 0 Å². The van der Waals surface area contributed by atoms with E-state index in [1.807, 2.05) is 6.92 Å². The first-order valence-corrected chi connectivity index (χ1v) is 9.57. The average Bonchev–Trinajstić information content (AvgIpc) is 2.42. The number of guanidine groups is 1. The summed E-state index contributed by atoms with van der Waals surface area (Å²) in [6, 6.07) is -0.281. The molecule has 3 N–H and O–H groups in total. The summed E-state index contributed by atoms with van der Waals surface area (Å²) >= 11 is 0. The van der Waals surface area contributed by atoms with E-state index in [2.05, 4.69) is 20.3 Å². The predicted molar refractivity (Wildman–Crippen MR) is 99.2 cm³/mol. The minimum atomic E-state index is -4.16. The Balaban J connectivity index is 0.00000529. The Bertz CT molecular complexity index is 500. The fourth-order valence-corrected chi connectivity index (χ4v) is 2.99. The Labute approximate surface area is 158 Å². The zero-order valence-electron chi connectivity index (χ0n) is 13.8. The van der Waals surface area contributed by atoms with E-state index in [9.17, 15) is 21.6 Å². The summed E-state index contributed by atoms with van der Waals surface area (Å²) in [7, 11) is -3.27. The van der Waals surface area contributed by atoms with Gasteiger partial charge in [0.2, 0.25) is 10.0 Å². The molecule has 1 saturated carbocycles. The first-order valence-electron chi connectivity index (χ1n) is 7.68. The molecule has 0 aromatic rings. The number of rotatable bonds is 6. The van der Waals surface area contributed by atoms with Gasteiger partial charge in [0.25, 0.3) is 0 Å². The van der Waals surface area contributed by atoms with Gasteiger partial charge in [-0.15, -0.1) is 24.0 Å². The molecule has 1 aliphatic carbocycles. The maximum absolute atomic E-state index is 12.8. The van der Waals surface area contributed by atoms with Crippen LogP contribution in [0.5, 0.6) is 0 Å². The van der Waals surface area contributed by atoms with E-state index >= 15 is 0 Å². The molecular weight excluding hydrogens is 460 g/mol. The lowest BCUT2D eigenvalue weighted by atomic mass is 9.85. The Morgan fingerprint density at radius 1 is 1.29 bits per heavy atom. The van der Waals surface area contributed by atoms with Crippen molar-refractivity contribution in [1.29, 1.82) is 0 Å². The molecule has 2 atom stereocenters. The maximum Gasteiger partial charge on any atom is 0.391 e. The van der Waals surface area contributed by atoms with Crippen molar-refractivity contribution in [2.75, 3.05) is 25.9 Å². The molecule has 144 valence electrons. The van der Waals surface area contributed by atoms with E-state index in [0.29, 0.717) is 25.3 Å². The van der Waals surface area contributed by atoms with Crippen LogP contribution in [0.2, 0.25) is 0 Å². The van der Waals surface area contributed by atoms with E-state index in [4.69, 9.17) is 0 Å². The van der Waals surface area contributed by atoms with Gasteiger partial charge in [0.05, 0.1) is 18.7 Å². The highest BCUT2D eigenvalue weighted by atomic mass is 127. The second kappa shape index (κ2) is 10.6. The minimum absolute atomic E-state index is 0. The van der Waals surface area contributed by atoms with Crippen molar-refractivity contribution in [3.63, 3.8) is 0 Å².